The first kappa shape index (κ1) is 16.5. The summed E-state index contributed by atoms with van der Waals surface area (Å²) in [5.41, 5.74) is 2.31. The lowest BCUT2D eigenvalue weighted by Gasteiger charge is -2.28. The van der Waals surface area contributed by atoms with Gasteiger partial charge >= 0.3 is 13.2 Å². The topological polar surface area (TPSA) is 59.0 Å². The number of nitrogens with zero attached hydrogens (tertiary/aromatic N) is 1. The molecule has 1 aliphatic heterocycles. The van der Waals surface area contributed by atoms with Crippen molar-refractivity contribution >= 4 is 30.0 Å². The van der Waals surface area contributed by atoms with E-state index in [1.165, 1.54) is 4.90 Å². The predicted molar refractivity (Wildman–Crippen MR) is 93.7 cm³/mol. The Balaban J connectivity index is 2.02. The summed E-state index contributed by atoms with van der Waals surface area (Å²) in [6, 6.07) is 14.7. The lowest BCUT2D eigenvalue weighted by atomic mass is 9.79. The van der Waals surface area contributed by atoms with Gasteiger partial charge in [-0.1, -0.05) is 24.3 Å². The maximum atomic E-state index is 12.8. The Morgan fingerprint density at radius 1 is 1.17 bits per heavy atom. The van der Waals surface area contributed by atoms with E-state index in [2.05, 4.69) is 0 Å². The Labute approximate surface area is 142 Å². The van der Waals surface area contributed by atoms with E-state index in [0.29, 0.717) is 23.4 Å². The Morgan fingerprint density at radius 2 is 1.88 bits per heavy atom. The van der Waals surface area contributed by atoms with Gasteiger partial charge in [-0.15, -0.1) is 0 Å². The molecule has 1 N–H and O–H groups in total. The van der Waals surface area contributed by atoms with Crippen LogP contribution < -0.4 is 10.4 Å². The fraction of sp³-hybridized carbons (Fsp3) is 0.278. The zero-order valence-corrected chi connectivity index (χ0v) is 14.0. The molecule has 0 bridgehead atoms. The number of ether oxygens (including phenoxy) is 1. The highest BCUT2D eigenvalue weighted by atomic mass is 16.6. The second-order valence-electron chi connectivity index (χ2n) is 6.70. The van der Waals surface area contributed by atoms with Crippen molar-refractivity contribution in [3.05, 3.63) is 54.1 Å². The van der Waals surface area contributed by atoms with Crippen LogP contribution in [0.4, 0.5) is 16.2 Å². The molecule has 2 aromatic carbocycles. The molecule has 1 aliphatic rings. The second-order valence-corrected chi connectivity index (χ2v) is 6.70. The summed E-state index contributed by atoms with van der Waals surface area (Å²) in [6.07, 6.45) is -0.470. The fourth-order valence-electron chi connectivity index (χ4n) is 2.59. The van der Waals surface area contributed by atoms with Crippen LogP contribution in [0.2, 0.25) is 0 Å². The number of hydrogen-bond donors (Lipinski definition) is 1. The van der Waals surface area contributed by atoms with Gasteiger partial charge in [0.05, 0.1) is 18.0 Å². The average Bonchev–Trinajstić information content (AvgIpc) is 2.88. The van der Waals surface area contributed by atoms with Gasteiger partial charge in [0, 0.05) is 0 Å². The maximum absolute atomic E-state index is 12.8. The Bertz CT molecular complexity index is 742. The van der Waals surface area contributed by atoms with Crippen molar-refractivity contribution in [3.63, 3.8) is 0 Å². The monoisotopic (exact) mass is 325 g/mol. The van der Waals surface area contributed by atoms with Gasteiger partial charge in [-0.25, -0.2) is 9.69 Å². The molecule has 0 aromatic heterocycles. The number of hydrogen-bond acceptors (Lipinski definition) is 4. The molecule has 0 aliphatic carbocycles. The fourth-order valence-corrected chi connectivity index (χ4v) is 2.59. The minimum absolute atomic E-state index is 0.370. The van der Waals surface area contributed by atoms with Crippen LogP contribution in [-0.4, -0.2) is 23.8 Å². The molecule has 5 nitrogen and oxygen atoms in total. The quantitative estimate of drug-likeness (QED) is 0.863. The summed E-state index contributed by atoms with van der Waals surface area (Å²) in [4.78, 5) is 14.2. The molecule has 6 heteroatoms. The van der Waals surface area contributed by atoms with E-state index >= 15 is 0 Å². The molecular formula is C18H20BNO4. The second kappa shape index (κ2) is 6.30. The van der Waals surface area contributed by atoms with Crippen molar-refractivity contribution in [2.45, 2.75) is 33.0 Å². The van der Waals surface area contributed by atoms with Gasteiger partial charge in [0.25, 0.3) is 0 Å². The van der Waals surface area contributed by atoms with Crippen molar-refractivity contribution in [1.82, 2.24) is 0 Å². The molecule has 124 valence electrons. The molecule has 1 heterocycles. The van der Waals surface area contributed by atoms with E-state index in [4.69, 9.17) is 9.39 Å². The van der Waals surface area contributed by atoms with E-state index < -0.39 is 18.8 Å². The van der Waals surface area contributed by atoms with Crippen molar-refractivity contribution in [2.24, 2.45) is 0 Å². The average molecular weight is 325 g/mol. The largest absolute Gasteiger partial charge is 0.491 e. The van der Waals surface area contributed by atoms with Crippen LogP contribution in [0.1, 0.15) is 26.3 Å². The van der Waals surface area contributed by atoms with Crippen molar-refractivity contribution in [3.8, 4) is 0 Å². The van der Waals surface area contributed by atoms with Gasteiger partial charge in [0.2, 0.25) is 0 Å². The molecule has 0 unspecified atom stereocenters. The van der Waals surface area contributed by atoms with E-state index in [1.807, 2.05) is 63.2 Å². The molecule has 1 amide bonds. The molecule has 0 saturated heterocycles. The lowest BCUT2D eigenvalue weighted by molar-refractivity contribution is 0.0599. The number of amides is 1. The van der Waals surface area contributed by atoms with Crippen LogP contribution in [0.25, 0.3) is 0 Å². The van der Waals surface area contributed by atoms with Gasteiger partial charge in [0.15, 0.2) is 0 Å². The normalized spacial score (nSPS) is 13.6. The standard InChI is InChI=1S/C18H20BNO4/c1-18(2,3)24-17(21)20(14-7-5-4-6-8-14)15-10-9-13-12-23-19(22)16(13)11-15/h4-11,22H,12H2,1-3H3. The van der Waals surface area contributed by atoms with E-state index in [-0.39, 0.29) is 0 Å². The highest BCUT2D eigenvalue weighted by Gasteiger charge is 2.30. The molecule has 24 heavy (non-hydrogen) atoms. The van der Waals surface area contributed by atoms with Crippen molar-refractivity contribution in [1.29, 1.82) is 0 Å². The molecule has 0 fully saturated rings. The number of rotatable bonds is 2. The zero-order chi connectivity index (χ0) is 17.3. The first-order valence-corrected chi connectivity index (χ1v) is 7.86. The van der Waals surface area contributed by atoms with Gasteiger partial charge in [-0.05, 0) is 56.1 Å². The summed E-state index contributed by atoms with van der Waals surface area (Å²) < 4.78 is 10.8. The zero-order valence-electron chi connectivity index (χ0n) is 14.0. The SMILES string of the molecule is CC(C)(C)OC(=O)N(c1ccccc1)c1ccc2c(c1)B(O)OC2. The third-order valence-corrected chi connectivity index (χ3v) is 3.64. The molecule has 0 radical (unpaired) electrons. The van der Waals surface area contributed by atoms with Crippen LogP contribution in [0.15, 0.2) is 48.5 Å². The predicted octanol–water partition coefficient (Wildman–Crippen LogP) is 2.98. The third kappa shape index (κ3) is 3.45. The highest BCUT2D eigenvalue weighted by molar-refractivity contribution is 6.61. The van der Waals surface area contributed by atoms with E-state index in [1.54, 1.807) is 6.07 Å². The summed E-state index contributed by atoms with van der Waals surface area (Å²) in [5.74, 6) is 0. The molecular weight excluding hydrogens is 305 g/mol. The minimum atomic E-state index is -0.962. The summed E-state index contributed by atoms with van der Waals surface area (Å²) in [5, 5.41) is 9.93. The number of benzene rings is 2. The van der Waals surface area contributed by atoms with E-state index in [9.17, 15) is 9.82 Å². The Kier molecular flexibility index (Phi) is 4.34. The van der Waals surface area contributed by atoms with Crippen LogP contribution in [0.3, 0.4) is 0 Å². The summed E-state index contributed by atoms with van der Waals surface area (Å²) >= 11 is 0. The first-order chi connectivity index (χ1) is 11.3. The third-order valence-electron chi connectivity index (χ3n) is 3.64. The maximum Gasteiger partial charge on any atom is 0.491 e. The van der Waals surface area contributed by atoms with Crippen LogP contribution in [0, 0.1) is 0 Å². The van der Waals surface area contributed by atoms with Gasteiger partial charge < -0.3 is 14.4 Å². The summed E-state index contributed by atoms with van der Waals surface area (Å²) in [6.45, 7) is 5.85. The van der Waals surface area contributed by atoms with Gasteiger partial charge in [-0.2, -0.15) is 0 Å². The Hall–Kier alpha value is -2.31. The minimum Gasteiger partial charge on any atom is -0.443 e. The Morgan fingerprint density at radius 3 is 2.54 bits per heavy atom. The van der Waals surface area contributed by atoms with Crippen molar-refractivity contribution in [2.75, 3.05) is 4.90 Å². The molecule has 0 spiro atoms. The molecule has 2 aromatic rings. The smallest absolute Gasteiger partial charge is 0.443 e. The number of carbonyl (C=O) groups excluding carboxylic acids is 1. The van der Waals surface area contributed by atoms with Gasteiger partial charge in [-0.3, -0.25) is 0 Å². The molecule has 0 atom stereocenters. The van der Waals surface area contributed by atoms with E-state index in [0.717, 1.165) is 5.56 Å². The lowest BCUT2D eigenvalue weighted by Crippen LogP contribution is -2.35. The molecule has 0 saturated carbocycles. The van der Waals surface area contributed by atoms with Crippen LogP contribution in [0.5, 0.6) is 0 Å². The number of fused-ring (bicyclic) bond motifs is 1. The first-order valence-electron chi connectivity index (χ1n) is 7.86. The van der Waals surface area contributed by atoms with Crippen molar-refractivity contribution < 1.29 is 19.2 Å². The van der Waals surface area contributed by atoms with Crippen LogP contribution in [-0.2, 0) is 16.0 Å². The number of para-hydroxylation sites is 1. The number of carbonyl (C=O) groups is 1. The molecule has 3 rings (SSSR count). The summed E-state index contributed by atoms with van der Waals surface area (Å²) in [7, 11) is -0.962. The van der Waals surface area contributed by atoms with Crippen LogP contribution >= 0.6 is 0 Å². The highest BCUT2D eigenvalue weighted by Crippen LogP contribution is 2.28. The number of anilines is 2. The van der Waals surface area contributed by atoms with Gasteiger partial charge in [0.1, 0.15) is 5.60 Å².